The first-order valence-electron chi connectivity index (χ1n) is 16.8. The number of hydrogen-bond donors (Lipinski definition) is 2. The molecule has 0 amide bonds. The predicted molar refractivity (Wildman–Crippen MR) is 172 cm³/mol. The fourth-order valence-corrected chi connectivity index (χ4v) is 9.91. The number of hydrogen-bond acceptors (Lipinski definition) is 8. The number of aromatic nitrogens is 2. The van der Waals surface area contributed by atoms with Gasteiger partial charge in [0, 0.05) is 66.0 Å². The third-order valence-corrected chi connectivity index (χ3v) is 11.8. The number of nitrogens with one attached hydrogen (secondary N) is 1. The lowest BCUT2D eigenvalue weighted by molar-refractivity contribution is 0.0829. The zero-order chi connectivity index (χ0) is 29.4. The smallest absolute Gasteiger partial charge is 0.318 e. The minimum Gasteiger partial charge on any atom is -0.508 e. The number of terminal acetylenes is 1. The van der Waals surface area contributed by atoms with Crippen LogP contribution in [-0.4, -0.2) is 76.4 Å². The van der Waals surface area contributed by atoms with Crippen LogP contribution in [0.1, 0.15) is 68.2 Å². The molecule has 1 saturated carbocycles. The first kappa shape index (κ1) is 26.8. The Kier molecular flexibility index (Phi) is 6.25. The summed E-state index contributed by atoms with van der Waals surface area (Å²) in [4.78, 5) is 18.0. The van der Waals surface area contributed by atoms with Gasteiger partial charge >= 0.3 is 6.01 Å². The predicted octanol–water partition coefficient (Wildman–Crippen LogP) is 4.61. The van der Waals surface area contributed by atoms with Gasteiger partial charge < -0.3 is 25.0 Å². The van der Waals surface area contributed by atoms with Crippen LogP contribution in [0, 0.1) is 18.3 Å². The van der Waals surface area contributed by atoms with Gasteiger partial charge in [0.15, 0.2) is 0 Å². The molecule has 5 fully saturated rings. The van der Waals surface area contributed by atoms with Crippen molar-refractivity contribution in [2.24, 2.45) is 5.92 Å². The van der Waals surface area contributed by atoms with E-state index < -0.39 is 0 Å². The van der Waals surface area contributed by atoms with Crippen molar-refractivity contribution in [2.45, 2.75) is 88.0 Å². The Morgan fingerprint density at radius 3 is 2.80 bits per heavy atom. The first-order chi connectivity index (χ1) is 21.6. The van der Waals surface area contributed by atoms with Crippen molar-refractivity contribution in [1.29, 1.82) is 0 Å². The van der Waals surface area contributed by atoms with Gasteiger partial charge in [-0.05, 0) is 81.3 Å². The van der Waals surface area contributed by atoms with Crippen LogP contribution < -0.4 is 19.9 Å². The van der Waals surface area contributed by atoms with Gasteiger partial charge in [-0.2, -0.15) is 9.97 Å². The van der Waals surface area contributed by atoms with Crippen molar-refractivity contribution in [3.63, 3.8) is 0 Å². The standard InChI is InChI=1S/C36H42N6O2/c1-2-23-6-3-7-24-16-28(43)17-32(33(23)24)40-15-12-29-30(21-40)38-35(39-34(29)41-19-26-10-11-27(20-41)37-26)44-22-36-13-5-14-42(36)31-9-4-8-25(31)18-36/h1,3,6-7,16-17,25-27,31,37,43H,4-5,8-15,18-22H2. The number of piperazine rings is 1. The molecule has 0 spiro atoms. The van der Waals surface area contributed by atoms with Crippen molar-refractivity contribution in [3.8, 4) is 24.1 Å². The maximum absolute atomic E-state index is 10.7. The summed E-state index contributed by atoms with van der Waals surface area (Å²) in [7, 11) is 0. The van der Waals surface area contributed by atoms with Crippen LogP contribution >= 0.6 is 0 Å². The van der Waals surface area contributed by atoms with E-state index in [1.807, 2.05) is 24.3 Å². The lowest BCUT2D eigenvalue weighted by atomic mass is 9.90. The van der Waals surface area contributed by atoms with Crippen LogP contribution in [0.4, 0.5) is 11.5 Å². The van der Waals surface area contributed by atoms with Crippen molar-refractivity contribution in [1.82, 2.24) is 20.2 Å². The van der Waals surface area contributed by atoms with Crippen molar-refractivity contribution in [3.05, 3.63) is 47.2 Å². The Balaban J connectivity index is 1.07. The maximum Gasteiger partial charge on any atom is 0.318 e. The Bertz CT molecular complexity index is 1660. The molecule has 6 heterocycles. The minimum absolute atomic E-state index is 0.140. The molecule has 8 nitrogen and oxygen atoms in total. The first-order valence-corrected chi connectivity index (χ1v) is 16.8. The molecule has 1 aromatic heterocycles. The number of ether oxygens (including phenoxy) is 1. The summed E-state index contributed by atoms with van der Waals surface area (Å²) in [6.07, 6.45) is 17.1. The lowest BCUT2D eigenvalue weighted by Crippen LogP contribution is -2.52. The summed E-state index contributed by atoms with van der Waals surface area (Å²) in [5.41, 5.74) is 4.21. The zero-order valence-corrected chi connectivity index (χ0v) is 25.5. The number of rotatable bonds is 5. The number of phenols is 1. The Labute approximate surface area is 259 Å². The van der Waals surface area contributed by atoms with Crippen LogP contribution in [0.3, 0.4) is 0 Å². The molecule has 228 valence electrons. The topological polar surface area (TPSA) is 77.0 Å². The second-order valence-electron chi connectivity index (χ2n) is 14.3. The maximum atomic E-state index is 10.7. The van der Waals surface area contributed by atoms with E-state index in [0.717, 1.165) is 71.5 Å². The Morgan fingerprint density at radius 1 is 1.05 bits per heavy atom. The third kappa shape index (κ3) is 4.27. The van der Waals surface area contributed by atoms with Crippen LogP contribution in [0.2, 0.25) is 0 Å². The third-order valence-electron chi connectivity index (χ3n) is 11.8. The Hall–Kier alpha value is -3.54. The molecular formula is C36H42N6O2. The molecular weight excluding hydrogens is 548 g/mol. The summed E-state index contributed by atoms with van der Waals surface area (Å²) in [5, 5.41) is 16.4. The summed E-state index contributed by atoms with van der Waals surface area (Å²) < 4.78 is 6.70. The van der Waals surface area contributed by atoms with E-state index in [0.29, 0.717) is 31.2 Å². The molecule has 8 heteroatoms. The molecule has 5 unspecified atom stereocenters. The van der Waals surface area contributed by atoms with Gasteiger partial charge in [0.1, 0.15) is 18.2 Å². The fourth-order valence-electron chi connectivity index (χ4n) is 9.91. The van der Waals surface area contributed by atoms with Gasteiger partial charge in [0.05, 0.1) is 17.8 Å². The van der Waals surface area contributed by atoms with Crippen LogP contribution in [0.25, 0.3) is 10.8 Å². The van der Waals surface area contributed by atoms with E-state index in [4.69, 9.17) is 21.1 Å². The number of benzene rings is 2. The second-order valence-corrected chi connectivity index (χ2v) is 14.3. The van der Waals surface area contributed by atoms with Crippen molar-refractivity contribution < 1.29 is 9.84 Å². The highest BCUT2D eigenvalue weighted by atomic mass is 16.5. The highest BCUT2D eigenvalue weighted by molar-refractivity contribution is 6.00. The van der Waals surface area contributed by atoms with Crippen molar-refractivity contribution in [2.75, 3.05) is 42.6 Å². The number of nitrogens with zero attached hydrogens (tertiary/aromatic N) is 5. The number of anilines is 2. The number of phenolic OH excluding ortho intramolecular Hbond substituents is 1. The second kappa shape index (κ2) is 10.3. The SMILES string of the molecule is C#Cc1cccc2cc(O)cc(N3CCc4c(nc(OCC56CCCN5C5CCCC5C6)nc4N4CC5CCC(C4)N5)C3)c12. The van der Waals surface area contributed by atoms with E-state index in [2.05, 4.69) is 25.9 Å². The summed E-state index contributed by atoms with van der Waals surface area (Å²) >= 11 is 0. The lowest BCUT2D eigenvalue weighted by Gasteiger charge is -2.38. The van der Waals surface area contributed by atoms with Gasteiger partial charge in [-0.25, -0.2) is 0 Å². The molecule has 0 radical (unpaired) electrons. The van der Waals surface area contributed by atoms with Crippen LogP contribution in [0.5, 0.6) is 11.8 Å². The monoisotopic (exact) mass is 590 g/mol. The molecule has 5 atom stereocenters. The van der Waals surface area contributed by atoms with Gasteiger partial charge in [-0.1, -0.05) is 24.5 Å². The molecule has 1 aliphatic carbocycles. The molecule has 4 saturated heterocycles. The van der Waals surface area contributed by atoms with E-state index in [1.165, 1.54) is 63.5 Å². The van der Waals surface area contributed by atoms with E-state index >= 15 is 0 Å². The summed E-state index contributed by atoms with van der Waals surface area (Å²) in [6, 6.07) is 11.9. The Morgan fingerprint density at radius 2 is 1.93 bits per heavy atom. The zero-order valence-electron chi connectivity index (χ0n) is 25.5. The summed E-state index contributed by atoms with van der Waals surface area (Å²) in [6.45, 7) is 5.27. The van der Waals surface area contributed by atoms with Crippen LogP contribution in [0.15, 0.2) is 30.3 Å². The largest absolute Gasteiger partial charge is 0.508 e. The molecule has 2 bridgehead atoms. The van der Waals surface area contributed by atoms with E-state index in [1.54, 1.807) is 6.07 Å². The van der Waals surface area contributed by atoms with E-state index in [9.17, 15) is 5.11 Å². The highest BCUT2D eigenvalue weighted by Gasteiger charge is 2.55. The van der Waals surface area contributed by atoms with Gasteiger partial charge in [0.25, 0.3) is 0 Å². The van der Waals surface area contributed by atoms with Crippen molar-refractivity contribution >= 4 is 22.3 Å². The van der Waals surface area contributed by atoms with Crippen LogP contribution in [-0.2, 0) is 13.0 Å². The minimum atomic E-state index is 0.140. The molecule has 44 heavy (non-hydrogen) atoms. The number of fused-ring (bicyclic) bond motifs is 7. The molecule has 9 rings (SSSR count). The van der Waals surface area contributed by atoms with Gasteiger partial charge in [-0.3, -0.25) is 4.90 Å². The summed E-state index contributed by atoms with van der Waals surface area (Å²) in [5.74, 6) is 5.01. The number of aromatic hydroxyl groups is 1. The fraction of sp³-hybridized carbons (Fsp3) is 0.556. The average Bonchev–Trinajstić information content (AvgIpc) is 3.80. The molecule has 2 N–H and O–H groups in total. The average molecular weight is 591 g/mol. The molecule has 3 aromatic rings. The highest BCUT2D eigenvalue weighted by Crippen LogP contribution is 2.51. The molecule has 2 aromatic carbocycles. The quantitative estimate of drug-likeness (QED) is 0.418. The molecule has 6 aliphatic rings. The molecule has 5 aliphatic heterocycles. The van der Waals surface area contributed by atoms with Gasteiger partial charge in [0.2, 0.25) is 0 Å². The van der Waals surface area contributed by atoms with Gasteiger partial charge in [-0.15, -0.1) is 6.42 Å². The normalized spacial score (nSPS) is 30.8. The van der Waals surface area contributed by atoms with E-state index in [-0.39, 0.29) is 11.3 Å².